The molecular formula is C25H27N3O3S. The number of hydrogen-bond donors (Lipinski definition) is 2. The Morgan fingerprint density at radius 3 is 2.25 bits per heavy atom. The molecule has 1 fully saturated rings. The molecule has 32 heavy (non-hydrogen) atoms. The van der Waals surface area contributed by atoms with Gasteiger partial charge in [-0.15, -0.1) is 0 Å². The van der Waals surface area contributed by atoms with Crippen LogP contribution in [0.4, 0.5) is 5.69 Å². The van der Waals surface area contributed by atoms with E-state index in [2.05, 4.69) is 27.1 Å². The highest BCUT2D eigenvalue weighted by Crippen LogP contribution is 2.17. The first-order valence-corrected chi connectivity index (χ1v) is 12.2. The van der Waals surface area contributed by atoms with E-state index in [-0.39, 0.29) is 10.8 Å². The van der Waals surface area contributed by atoms with Crippen molar-refractivity contribution in [3.8, 4) is 0 Å². The number of anilines is 1. The number of carbonyl (C=O) groups is 1. The number of hydrogen-bond acceptors (Lipinski definition) is 4. The summed E-state index contributed by atoms with van der Waals surface area (Å²) in [6.07, 6.45) is 2.55. The van der Waals surface area contributed by atoms with Crippen LogP contribution in [-0.4, -0.2) is 32.3 Å². The van der Waals surface area contributed by atoms with Crippen LogP contribution in [0, 0.1) is 0 Å². The third kappa shape index (κ3) is 5.75. The first-order chi connectivity index (χ1) is 15.5. The molecule has 1 heterocycles. The molecule has 0 bridgehead atoms. The average molecular weight is 450 g/mol. The zero-order valence-corrected chi connectivity index (χ0v) is 18.6. The highest BCUT2D eigenvalue weighted by atomic mass is 32.2. The van der Waals surface area contributed by atoms with Crippen molar-refractivity contribution in [2.45, 2.75) is 30.8 Å². The predicted molar refractivity (Wildman–Crippen MR) is 126 cm³/mol. The van der Waals surface area contributed by atoms with Crippen LogP contribution in [0.1, 0.15) is 34.3 Å². The van der Waals surface area contributed by atoms with Crippen LogP contribution < -0.4 is 10.0 Å². The highest BCUT2D eigenvalue weighted by Gasteiger charge is 2.15. The molecule has 0 radical (unpaired) electrons. The van der Waals surface area contributed by atoms with Crippen LogP contribution in [0.3, 0.4) is 0 Å². The number of carbonyl (C=O) groups excluding carboxylic acids is 1. The topological polar surface area (TPSA) is 78.5 Å². The van der Waals surface area contributed by atoms with Crippen molar-refractivity contribution >= 4 is 21.6 Å². The number of amides is 1. The molecule has 0 unspecified atom stereocenters. The molecule has 0 atom stereocenters. The third-order valence-electron chi connectivity index (χ3n) is 5.51. The van der Waals surface area contributed by atoms with Gasteiger partial charge in [-0.3, -0.25) is 14.4 Å². The number of rotatable bonds is 8. The van der Waals surface area contributed by atoms with Crippen LogP contribution in [0.15, 0.2) is 83.8 Å². The van der Waals surface area contributed by atoms with E-state index < -0.39 is 10.0 Å². The lowest BCUT2D eigenvalue weighted by Gasteiger charge is -2.14. The number of benzene rings is 3. The fourth-order valence-electron chi connectivity index (χ4n) is 3.78. The molecular weight excluding hydrogens is 422 g/mol. The number of nitrogens with zero attached hydrogens (tertiary/aromatic N) is 1. The second-order valence-corrected chi connectivity index (χ2v) is 9.66. The minimum Gasteiger partial charge on any atom is -0.348 e. The van der Waals surface area contributed by atoms with Gasteiger partial charge in [-0.2, -0.15) is 0 Å². The summed E-state index contributed by atoms with van der Waals surface area (Å²) in [4.78, 5) is 15.2. The molecule has 6 nitrogen and oxygen atoms in total. The molecule has 0 aliphatic carbocycles. The second-order valence-electron chi connectivity index (χ2n) is 7.98. The van der Waals surface area contributed by atoms with Crippen molar-refractivity contribution in [2.24, 2.45) is 0 Å². The Balaban J connectivity index is 1.34. The molecule has 7 heteroatoms. The predicted octanol–water partition coefficient (Wildman–Crippen LogP) is 4.01. The molecule has 1 aliphatic rings. The molecule has 0 saturated carbocycles. The van der Waals surface area contributed by atoms with E-state index in [4.69, 9.17) is 0 Å². The Labute approximate surface area is 189 Å². The van der Waals surface area contributed by atoms with Crippen molar-refractivity contribution in [3.63, 3.8) is 0 Å². The third-order valence-corrected chi connectivity index (χ3v) is 6.91. The Kier molecular flexibility index (Phi) is 6.87. The van der Waals surface area contributed by atoms with Crippen LogP contribution in [0.2, 0.25) is 0 Å². The minimum atomic E-state index is -3.71. The Bertz CT molecular complexity index is 1160. The van der Waals surface area contributed by atoms with Crippen LogP contribution in [0.25, 0.3) is 0 Å². The van der Waals surface area contributed by atoms with Crippen molar-refractivity contribution in [3.05, 3.63) is 95.6 Å². The van der Waals surface area contributed by atoms with Crippen LogP contribution in [-0.2, 0) is 23.1 Å². The van der Waals surface area contributed by atoms with Gasteiger partial charge < -0.3 is 5.32 Å². The smallest absolute Gasteiger partial charge is 0.261 e. The van der Waals surface area contributed by atoms with E-state index in [1.54, 1.807) is 36.4 Å². The second kappa shape index (κ2) is 9.97. The first kappa shape index (κ1) is 22.0. The summed E-state index contributed by atoms with van der Waals surface area (Å²) in [5.41, 5.74) is 3.03. The maximum Gasteiger partial charge on any atom is 0.261 e. The fraction of sp³-hybridized carbons (Fsp3) is 0.240. The number of sulfonamides is 1. The molecule has 1 amide bonds. The van der Waals surface area contributed by atoms with Crippen molar-refractivity contribution < 1.29 is 13.2 Å². The number of nitrogens with one attached hydrogen (secondary N) is 2. The summed E-state index contributed by atoms with van der Waals surface area (Å²) >= 11 is 0. The summed E-state index contributed by atoms with van der Waals surface area (Å²) in [6, 6.07) is 22.9. The summed E-state index contributed by atoms with van der Waals surface area (Å²) in [6.45, 7) is 3.71. The van der Waals surface area contributed by atoms with Crippen molar-refractivity contribution in [1.82, 2.24) is 10.2 Å². The van der Waals surface area contributed by atoms with Crippen molar-refractivity contribution in [2.75, 3.05) is 17.8 Å². The van der Waals surface area contributed by atoms with Crippen LogP contribution in [0.5, 0.6) is 0 Å². The highest BCUT2D eigenvalue weighted by molar-refractivity contribution is 7.92. The van der Waals surface area contributed by atoms with Gasteiger partial charge in [0, 0.05) is 24.3 Å². The summed E-state index contributed by atoms with van der Waals surface area (Å²) < 4.78 is 27.6. The average Bonchev–Trinajstić information content (AvgIpc) is 3.32. The molecule has 2 N–H and O–H groups in total. The lowest BCUT2D eigenvalue weighted by atomic mass is 10.1. The molecule has 3 aromatic carbocycles. The minimum absolute atomic E-state index is 0.169. The summed E-state index contributed by atoms with van der Waals surface area (Å²) in [5.74, 6) is -0.257. The van der Waals surface area contributed by atoms with Gasteiger partial charge in [-0.1, -0.05) is 48.5 Å². The van der Waals surface area contributed by atoms with Gasteiger partial charge in [0.05, 0.1) is 4.90 Å². The Morgan fingerprint density at radius 1 is 0.844 bits per heavy atom. The molecule has 3 aromatic rings. The van der Waals surface area contributed by atoms with Gasteiger partial charge in [0.15, 0.2) is 0 Å². The molecule has 166 valence electrons. The zero-order chi connectivity index (χ0) is 22.4. The van der Waals surface area contributed by atoms with E-state index in [0.29, 0.717) is 17.8 Å². The SMILES string of the molecule is O=C(NCc1ccc(CN2CCCC2)cc1)c1cccc(NS(=O)(=O)c2ccccc2)c1. The van der Waals surface area contributed by atoms with E-state index in [1.807, 2.05) is 12.1 Å². The van der Waals surface area contributed by atoms with Gasteiger partial charge in [0.2, 0.25) is 0 Å². The maximum atomic E-state index is 12.6. The monoisotopic (exact) mass is 449 g/mol. The summed E-state index contributed by atoms with van der Waals surface area (Å²) in [7, 11) is -3.71. The van der Waals surface area contributed by atoms with Crippen molar-refractivity contribution in [1.29, 1.82) is 0 Å². The standard InChI is InChI=1S/C25H27N3O3S/c29-25(26-18-20-11-13-21(14-12-20)19-28-15-4-5-16-28)22-7-6-8-23(17-22)27-32(30,31)24-9-2-1-3-10-24/h1-3,6-14,17,27H,4-5,15-16,18-19H2,(H,26,29). The van der Waals surface area contributed by atoms with Gasteiger partial charge in [0.25, 0.3) is 15.9 Å². The van der Waals surface area contributed by atoms with Gasteiger partial charge in [0.1, 0.15) is 0 Å². The quantitative estimate of drug-likeness (QED) is 0.545. The summed E-state index contributed by atoms with van der Waals surface area (Å²) in [5, 5.41) is 2.90. The van der Waals surface area contributed by atoms with Crippen LogP contribution >= 0.6 is 0 Å². The Morgan fingerprint density at radius 2 is 1.53 bits per heavy atom. The van der Waals surface area contributed by atoms with E-state index in [0.717, 1.165) is 12.1 Å². The first-order valence-electron chi connectivity index (χ1n) is 10.8. The van der Waals surface area contributed by atoms with E-state index >= 15 is 0 Å². The lowest BCUT2D eigenvalue weighted by Crippen LogP contribution is -2.23. The normalized spacial score (nSPS) is 14.2. The lowest BCUT2D eigenvalue weighted by molar-refractivity contribution is 0.0951. The van der Waals surface area contributed by atoms with Gasteiger partial charge >= 0.3 is 0 Å². The van der Waals surface area contributed by atoms with Gasteiger partial charge in [-0.05, 0) is 67.4 Å². The van der Waals surface area contributed by atoms with Gasteiger partial charge in [-0.25, -0.2) is 8.42 Å². The number of likely N-dealkylation sites (tertiary alicyclic amines) is 1. The Hall–Kier alpha value is -3.16. The zero-order valence-electron chi connectivity index (χ0n) is 17.8. The molecule has 1 aliphatic heterocycles. The maximum absolute atomic E-state index is 12.6. The van der Waals surface area contributed by atoms with E-state index in [1.165, 1.54) is 49.7 Å². The fourth-order valence-corrected chi connectivity index (χ4v) is 4.85. The van der Waals surface area contributed by atoms with E-state index in [9.17, 15) is 13.2 Å². The molecule has 0 aromatic heterocycles. The molecule has 1 saturated heterocycles. The molecule has 0 spiro atoms. The largest absolute Gasteiger partial charge is 0.348 e. The molecule has 4 rings (SSSR count).